The van der Waals surface area contributed by atoms with Gasteiger partial charge in [-0.3, -0.25) is 14.4 Å². The Bertz CT molecular complexity index is 512. The van der Waals surface area contributed by atoms with Gasteiger partial charge in [-0.1, -0.05) is 0 Å². The van der Waals surface area contributed by atoms with Crippen molar-refractivity contribution in [2.75, 3.05) is 25.0 Å². The number of anilines is 1. The molecule has 1 aromatic heterocycles. The van der Waals surface area contributed by atoms with E-state index in [-0.39, 0.29) is 12.5 Å². The molecule has 0 spiro atoms. The van der Waals surface area contributed by atoms with Crippen molar-refractivity contribution in [2.24, 2.45) is 13.0 Å². The van der Waals surface area contributed by atoms with E-state index < -0.39 is 18.6 Å². The minimum atomic E-state index is -4.22. The van der Waals surface area contributed by atoms with E-state index in [0.717, 1.165) is 5.69 Å². The fraction of sp³-hybridized carbons (Fsp3) is 0.692. The number of alkyl halides is 3. The van der Waals surface area contributed by atoms with Crippen LogP contribution in [0.1, 0.15) is 18.5 Å². The molecule has 0 aromatic carbocycles. The Labute approximate surface area is 121 Å². The topological polar surface area (TPSA) is 50.2 Å². The van der Waals surface area contributed by atoms with Crippen molar-refractivity contribution >= 4 is 11.7 Å². The first-order valence-electron chi connectivity index (χ1n) is 6.85. The van der Waals surface area contributed by atoms with Crippen molar-refractivity contribution in [3.8, 4) is 0 Å². The lowest BCUT2D eigenvalue weighted by Gasteiger charge is -2.32. The number of carbonyl (C=O) groups is 1. The van der Waals surface area contributed by atoms with Crippen LogP contribution in [0.3, 0.4) is 0 Å². The molecule has 1 aliphatic heterocycles. The molecule has 0 radical (unpaired) electrons. The SMILES string of the molecule is Cc1cc(NC(=O)C2CCCN(CC(F)(F)F)C2)n(C)n1. The van der Waals surface area contributed by atoms with Gasteiger partial charge in [0.1, 0.15) is 5.82 Å². The van der Waals surface area contributed by atoms with E-state index in [1.54, 1.807) is 24.7 Å². The number of piperidine rings is 1. The highest BCUT2D eigenvalue weighted by Gasteiger charge is 2.34. The van der Waals surface area contributed by atoms with Crippen LogP contribution >= 0.6 is 0 Å². The Morgan fingerprint density at radius 2 is 2.24 bits per heavy atom. The van der Waals surface area contributed by atoms with Crippen LogP contribution in [0, 0.1) is 12.8 Å². The highest BCUT2D eigenvalue weighted by atomic mass is 19.4. The van der Waals surface area contributed by atoms with Gasteiger partial charge in [0.2, 0.25) is 5.91 Å². The number of nitrogens with zero attached hydrogens (tertiary/aromatic N) is 3. The van der Waals surface area contributed by atoms with Gasteiger partial charge >= 0.3 is 6.18 Å². The smallest absolute Gasteiger partial charge is 0.311 e. The summed E-state index contributed by atoms with van der Waals surface area (Å²) in [6.45, 7) is 1.37. The molecule has 0 aliphatic carbocycles. The third-order valence-corrected chi connectivity index (χ3v) is 3.53. The van der Waals surface area contributed by atoms with Gasteiger partial charge in [-0.2, -0.15) is 18.3 Å². The number of hydrogen-bond donors (Lipinski definition) is 1. The highest BCUT2D eigenvalue weighted by Crippen LogP contribution is 2.23. The van der Waals surface area contributed by atoms with Crippen LogP contribution in [0.5, 0.6) is 0 Å². The van der Waals surface area contributed by atoms with E-state index in [9.17, 15) is 18.0 Å². The summed E-state index contributed by atoms with van der Waals surface area (Å²) in [6.07, 6.45) is -3.02. The van der Waals surface area contributed by atoms with E-state index in [4.69, 9.17) is 0 Å². The van der Waals surface area contributed by atoms with Gasteiger partial charge < -0.3 is 5.32 Å². The predicted molar refractivity (Wildman–Crippen MR) is 71.8 cm³/mol. The molecule has 0 saturated carbocycles. The number of aryl methyl sites for hydroxylation is 2. The van der Waals surface area contributed by atoms with Crippen LogP contribution in [-0.4, -0.2) is 46.4 Å². The Hall–Kier alpha value is -1.57. The van der Waals surface area contributed by atoms with Gasteiger partial charge in [0.15, 0.2) is 0 Å². The van der Waals surface area contributed by atoms with Crippen molar-refractivity contribution < 1.29 is 18.0 Å². The molecule has 5 nitrogen and oxygen atoms in total. The second-order valence-corrected chi connectivity index (χ2v) is 5.47. The molecule has 21 heavy (non-hydrogen) atoms. The number of nitrogens with one attached hydrogen (secondary N) is 1. The Morgan fingerprint density at radius 1 is 1.52 bits per heavy atom. The van der Waals surface area contributed by atoms with E-state index in [1.807, 2.05) is 0 Å². The summed E-state index contributed by atoms with van der Waals surface area (Å²) in [5.74, 6) is -0.105. The van der Waals surface area contributed by atoms with Gasteiger partial charge in [-0.25, -0.2) is 0 Å². The van der Waals surface area contributed by atoms with Crippen molar-refractivity contribution in [1.29, 1.82) is 0 Å². The maximum absolute atomic E-state index is 12.4. The Balaban J connectivity index is 1.94. The first kappa shape index (κ1) is 15.8. The van der Waals surface area contributed by atoms with Crippen molar-refractivity contribution in [3.63, 3.8) is 0 Å². The average molecular weight is 304 g/mol. The second-order valence-electron chi connectivity index (χ2n) is 5.47. The summed E-state index contributed by atoms with van der Waals surface area (Å²) in [5, 5.41) is 6.85. The average Bonchev–Trinajstić information content (AvgIpc) is 2.66. The van der Waals surface area contributed by atoms with Crippen LogP contribution in [0.2, 0.25) is 0 Å². The largest absolute Gasteiger partial charge is 0.401 e. The number of amides is 1. The van der Waals surface area contributed by atoms with Crippen molar-refractivity contribution in [2.45, 2.75) is 25.9 Å². The van der Waals surface area contributed by atoms with Crippen LogP contribution in [0.15, 0.2) is 6.07 Å². The lowest BCUT2D eigenvalue weighted by molar-refractivity contribution is -0.151. The van der Waals surface area contributed by atoms with E-state index in [2.05, 4.69) is 10.4 Å². The summed E-state index contributed by atoms with van der Waals surface area (Å²) < 4.78 is 38.8. The molecular weight excluding hydrogens is 285 g/mol. The number of hydrogen-bond acceptors (Lipinski definition) is 3. The molecular formula is C13H19F3N4O. The number of likely N-dealkylation sites (tertiary alicyclic amines) is 1. The maximum Gasteiger partial charge on any atom is 0.401 e. The zero-order valence-electron chi connectivity index (χ0n) is 12.1. The molecule has 1 atom stereocenters. The van der Waals surface area contributed by atoms with E-state index in [0.29, 0.717) is 25.2 Å². The monoisotopic (exact) mass is 304 g/mol. The zero-order valence-corrected chi connectivity index (χ0v) is 12.1. The predicted octanol–water partition coefficient (Wildman–Crippen LogP) is 1.94. The van der Waals surface area contributed by atoms with E-state index in [1.165, 1.54) is 4.90 Å². The summed E-state index contributed by atoms with van der Waals surface area (Å²) in [6, 6.07) is 1.73. The summed E-state index contributed by atoms with van der Waals surface area (Å²) in [4.78, 5) is 13.5. The quantitative estimate of drug-likeness (QED) is 0.928. The molecule has 1 fully saturated rings. The molecule has 1 N–H and O–H groups in total. The van der Waals surface area contributed by atoms with Gasteiger partial charge in [-0.05, 0) is 26.3 Å². The molecule has 118 valence electrons. The molecule has 1 saturated heterocycles. The van der Waals surface area contributed by atoms with Crippen LogP contribution in [-0.2, 0) is 11.8 Å². The first-order chi connectivity index (χ1) is 9.74. The standard InChI is InChI=1S/C13H19F3N4O/c1-9-6-11(19(2)18-9)17-12(21)10-4-3-5-20(7-10)8-13(14,15)16/h6,10H,3-5,7-8H2,1-2H3,(H,17,21). The lowest BCUT2D eigenvalue weighted by Crippen LogP contribution is -2.44. The minimum Gasteiger partial charge on any atom is -0.311 e. The Morgan fingerprint density at radius 3 is 2.81 bits per heavy atom. The van der Waals surface area contributed by atoms with E-state index >= 15 is 0 Å². The maximum atomic E-state index is 12.4. The molecule has 1 aromatic rings. The Kier molecular flexibility index (Phi) is 4.55. The molecule has 2 heterocycles. The number of carbonyl (C=O) groups excluding carboxylic acids is 1. The van der Waals surface area contributed by atoms with Gasteiger partial charge in [-0.15, -0.1) is 0 Å². The minimum absolute atomic E-state index is 0.141. The summed E-state index contributed by atoms with van der Waals surface area (Å²) in [5.41, 5.74) is 0.773. The van der Waals surface area contributed by atoms with Crippen LogP contribution in [0.4, 0.5) is 19.0 Å². The molecule has 1 unspecified atom stereocenters. The van der Waals surface area contributed by atoms with Crippen molar-refractivity contribution in [1.82, 2.24) is 14.7 Å². The lowest BCUT2D eigenvalue weighted by atomic mass is 9.97. The zero-order chi connectivity index (χ0) is 15.6. The number of rotatable bonds is 3. The molecule has 8 heteroatoms. The third-order valence-electron chi connectivity index (χ3n) is 3.53. The molecule has 2 rings (SSSR count). The molecule has 1 aliphatic rings. The van der Waals surface area contributed by atoms with Gasteiger partial charge in [0.05, 0.1) is 18.2 Å². The fourth-order valence-corrected chi connectivity index (χ4v) is 2.62. The number of aromatic nitrogens is 2. The summed E-state index contributed by atoms with van der Waals surface area (Å²) in [7, 11) is 1.71. The van der Waals surface area contributed by atoms with Gasteiger partial charge in [0, 0.05) is 19.7 Å². The van der Waals surface area contributed by atoms with Crippen LogP contribution < -0.4 is 5.32 Å². The van der Waals surface area contributed by atoms with Crippen molar-refractivity contribution in [3.05, 3.63) is 11.8 Å². The first-order valence-corrected chi connectivity index (χ1v) is 6.85. The van der Waals surface area contributed by atoms with Gasteiger partial charge in [0.25, 0.3) is 0 Å². The normalized spacial score (nSPS) is 20.5. The second kappa shape index (κ2) is 6.05. The molecule has 0 bridgehead atoms. The molecule has 1 amide bonds. The highest BCUT2D eigenvalue weighted by molar-refractivity contribution is 5.92. The summed E-state index contributed by atoms with van der Waals surface area (Å²) >= 11 is 0. The fourth-order valence-electron chi connectivity index (χ4n) is 2.62. The number of halogens is 3. The third kappa shape index (κ3) is 4.45. The van der Waals surface area contributed by atoms with Crippen LogP contribution in [0.25, 0.3) is 0 Å².